The molecule has 13 heavy (non-hydrogen) atoms. The first-order chi connectivity index (χ1) is 6.22. The molecule has 0 bridgehead atoms. The summed E-state index contributed by atoms with van der Waals surface area (Å²) in [7, 11) is 0. The molecule has 0 amide bonds. The van der Waals surface area contributed by atoms with Gasteiger partial charge in [-0.05, 0) is 18.3 Å². The molecule has 1 N–H and O–H groups in total. The highest BCUT2D eigenvalue weighted by molar-refractivity contribution is 5.00. The second-order valence-electron chi connectivity index (χ2n) is 4.31. The van der Waals surface area contributed by atoms with E-state index < -0.39 is 0 Å². The molecule has 2 aliphatic rings. The average molecular weight is 185 g/mol. The Morgan fingerprint density at radius 1 is 1.31 bits per heavy atom. The summed E-state index contributed by atoms with van der Waals surface area (Å²) in [4.78, 5) is 0. The fraction of sp³-hybridized carbons (Fsp3) is 1.00. The first-order valence-electron chi connectivity index (χ1n) is 5.57. The molecule has 2 aliphatic heterocycles. The van der Waals surface area contributed by atoms with Crippen molar-refractivity contribution in [1.29, 1.82) is 0 Å². The van der Waals surface area contributed by atoms with E-state index in [0.717, 1.165) is 31.5 Å². The van der Waals surface area contributed by atoms with Gasteiger partial charge in [-0.15, -0.1) is 0 Å². The quantitative estimate of drug-likeness (QED) is 0.675. The Kier molecular flexibility index (Phi) is 3.74. The lowest BCUT2D eigenvalue weighted by atomic mass is 9.84. The Labute approximate surface area is 82.0 Å². The van der Waals surface area contributed by atoms with Gasteiger partial charge in [0.25, 0.3) is 0 Å². The van der Waals surface area contributed by atoms with E-state index in [4.69, 9.17) is 4.74 Å². The van der Waals surface area contributed by atoms with Crippen LogP contribution in [0.4, 0.5) is 0 Å². The molecule has 0 aromatic heterocycles. The molecule has 0 aromatic carbocycles. The summed E-state index contributed by atoms with van der Waals surface area (Å²) in [6.07, 6.45) is 1.28. The van der Waals surface area contributed by atoms with Crippen LogP contribution in [-0.2, 0) is 4.74 Å². The molecule has 1 spiro atoms. The summed E-state index contributed by atoms with van der Waals surface area (Å²) in [5, 5.41) is 3.28. The van der Waals surface area contributed by atoms with Crippen LogP contribution in [0.5, 0.6) is 0 Å². The number of rotatable bonds is 1. The van der Waals surface area contributed by atoms with Gasteiger partial charge in [-0.3, -0.25) is 0 Å². The van der Waals surface area contributed by atoms with E-state index in [1.807, 2.05) is 13.8 Å². The zero-order valence-corrected chi connectivity index (χ0v) is 9.39. The van der Waals surface area contributed by atoms with Crippen molar-refractivity contribution in [2.75, 3.05) is 19.7 Å². The molecule has 2 rings (SSSR count). The van der Waals surface area contributed by atoms with Crippen molar-refractivity contribution in [3.8, 4) is 0 Å². The Bertz CT molecular complexity index is 152. The van der Waals surface area contributed by atoms with Crippen LogP contribution < -0.4 is 5.32 Å². The molecule has 1 atom stereocenters. The normalized spacial score (nSPS) is 29.8. The summed E-state index contributed by atoms with van der Waals surface area (Å²) >= 11 is 0. The van der Waals surface area contributed by atoms with Gasteiger partial charge in [-0.1, -0.05) is 27.7 Å². The van der Waals surface area contributed by atoms with Crippen LogP contribution in [0, 0.1) is 11.8 Å². The Hall–Kier alpha value is -0.0800. The molecule has 0 radical (unpaired) electrons. The SMILES string of the molecule is CC.CC(C)C1COC2(CNC2)C1. The summed E-state index contributed by atoms with van der Waals surface area (Å²) < 4.78 is 5.79. The van der Waals surface area contributed by atoms with Crippen molar-refractivity contribution in [1.82, 2.24) is 5.32 Å². The summed E-state index contributed by atoms with van der Waals surface area (Å²) in [5.74, 6) is 1.59. The summed E-state index contributed by atoms with van der Waals surface area (Å²) in [6, 6.07) is 0. The molecular weight excluding hydrogens is 162 g/mol. The first kappa shape index (κ1) is 11.0. The van der Waals surface area contributed by atoms with E-state index in [-0.39, 0.29) is 5.60 Å². The number of nitrogens with one attached hydrogen (secondary N) is 1. The number of ether oxygens (including phenoxy) is 1. The largest absolute Gasteiger partial charge is 0.372 e. The third-order valence-corrected chi connectivity index (χ3v) is 3.07. The third kappa shape index (κ3) is 2.23. The maximum Gasteiger partial charge on any atom is 0.0933 e. The van der Waals surface area contributed by atoms with E-state index in [1.165, 1.54) is 6.42 Å². The van der Waals surface area contributed by atoms with Crippen LogP contribution in [0.2, 0.25) is 0 Å². The van der Waals surface area contributed by atoms with Crippen molar-refractivity contribution in [2.24, 2.45) is 11.8 Å². The molecule has 1 unspecified atom stereocenters. The van der Waals surface area contributed by atoms with Gasteiger partial charge < -0.3 is 10.1 Å². The smallest absolute Gasteiger partial charge is 0.0933 e. The fourth-order valence-electron chi connectivity index (χ4n) is 1.96. The van der Waals surface area contributed by atoms with Crippen LogP contribution in [0.15, 0.2) is 0 Å². The Balaban J connectivity index is 0.000000396. The molecule has 2 nitrogen and oxygen atoms in total. The van der Waals surface area contributed by atoms with E-state index in [2.05, 4.69) is 19.2 Å². The van der Waals surface area contributed by atoms with Crippen LogP contribution in [0.25, 0.3) is 0 Å². The van der Waals surface area contributed by atoms with Gasteiger partial charge in [-0.25, -0.2) is 0 Å². The molecule has 0 saturated carbocycles. The minimum atomic E-state index is 0.259. The zero-order valence-electron chi connectivity index (χ0n) is 9.39. The summed E-state index contributed by atoms with van der Waals surface area (Å²) in [5.41, 5.74) is 0.259. The van der Waals surface area contributed by atoms with Crippen molar-refractivity contribution < 1.29 is 4.74 Å². The highest BCUT2D eigenvalue weighted by Gasteiger charge is 2.45. The van der Waals surface area contributed by atoms with E-state index in [1.54, 1.807) is 0 Å². The molecule has 0 aliphatic carbocycles. The maximum absolute atomic E-state index is 5.79. The summed E-state index contributed by atoms with van der Waals surface area (Å²) in [6.45, 7) is 11.7. The van der Waals surface area contributed by atoms with Gasteiger partial charge >= 0.3 is 0 Å². The lowest BCUT2D eigenvalue weighted by molar-refractivity contribution is -0.0364. The van der Waals surface area contributed by atoms with Gasteiger partial charge in [0.2, 0.25) is 0 Å². The van der Waals surface area contributed by atoms with Gasteiger partial charge in [0.15, 0.2) is 0 Å². The highest BCUT2D eigenvalue weighted by Crippen LogP contribution is 2.36. The van der Waals surface area contributed by atoms with Gasteiger partial charge in [0, 0.05) is 13.1 Å². The lowest BCUT2D eigenvalue weighted by Gasteiger charge is -2.38. The van der Waals surface area contributed by atoms with E-state index in [0.29, 0.717) is 0 Å². The van der Waals surface area contributed by atoms with Crippen LogP contribution in [0.3, 0.4) is 0 Å². The minimum Gasteiger partial charge on any atom is -0.372 e. The molecule has 0 aromatic rings. The van der Waals surface area contributed by atoms with Crippen molar-refractivity contribution in [3.05, 3.63) is 0 Å². The lowest BCUT2D eigenvalue weighted by Crippen LogP contribution is -2.59. The fourth-order valence-corrected chi connectivity index (χ4v) is 1.96. The number of hydrogen-bond donors (Lipinski definition) is 1. The Morgan fingerprint density at radius 3 is 2.15 bits per heavy atom. The van der Waals surface area contributed by atoms with Gasteiger partial charge in [0.1, 0.15) is 0 Å². The molecule has 2 saturated heterocycles. The first-order valence-corrected chi connectivity index (χ1v) is 5.57. The van der Waals surface area contributed by atoms with Crippen LogP contribution in [0.1, 0.15) is 34.1 Å². The highest BCUT2D eigenvalue weighted by atomic mass is 16.5. The van der Waals surface area contributed by atoms with Gasteiger partial charge in [-0.2, -0.15) is 0 Å². The maximum atomic E-state index is 5.79. The topological polar surface area (TPSA) is 21.3 Å². The predicted molar refractivity (Wildman–Crippen MR) is 55.8 cm³/mol. The van der Waals surface area contributed by atoms with Crippen LogP contribution in [-0.4, -0.2) is 25.3 Å². The van der Waals surface area contributed by atoms with Crippen molar-refractivity contribution in [2.45, 2.75) is 39.7 Å². The third-order valence-electron chi connectivity index (χ3n) is 3.07. The Morgan fingerprint density at radius 2 is 1.92 bits per heavy atom. The number of hydrogen-bond acceptors (Lipinski definition) is 2. The minimum absolute atomic E-state index is 0.259. The zero-order chi connectivity index (χ0) is 9.90. The van der Waals surface area contributed by atoms with Crippen LogP contribution >= 0.6 is 0 Å². The average Bonchev–Trinajstić information content (AvgIpc) is 2.51. The standard InChI is InChI=1S/C9H17NO.C2H6/c1-7(2)8-3-9(11-4-8)5-10-6-9;1-2/h7-8,10H,3-6H2,1-2H3;1-2H3. The second kappa shape index (κ2) is 4.43. The monoisotopic (exact) mass is 185 g/mol. The predicted octanol–water partition coefficient (Wildman–Crippen LogP) is 2.05. The second-order valence-corrected chi connectivity index (χ2v) is 4.31. The molecule has 2 heterocycles. The molecule has 2 fully saturated rings. The van der Waals surface area contributed by atoms with E-state index in [9.17, 15) is 0 Å². The van der Waals surface area contributed by atoms with Crippen molar-refractivity contribution in [3.63, 3.8) is 0 Å². The van der Waals surface area contributed by atoms with E-state index >= 15 is 0 Å². The molecular formula is C11H23NO. The van der Waals surface area contributed by atoms with Crippen molar-refractivity contribution >= 4 is 0 Å². The van der Waals surface area contributed by atoms with Gasteiger partial charge in [0.05, 0.1) is 12.2 Å². The molecule has 2 heteroatoms. The molecule has 78 valence electrons.